The van der Waals surface area contributed by atoms with Crippen molar-refractivity contribution in [2.24, 2.45) is 52.8 Å². The van der Waals surface area contributed by atoms with Crippen molar-refractivity contribution in [3.63, 3.8) is 0 Å². The van der Waals surface area contributed by atoms with Crippen molar-refractivity contribution in [3.05, 3.63) is 23.3 Å². The minimum atomic E-state index is -0.407. The van der Waals surface area contributed by atoms with Gasteiger partial charge in [-0.1, -0.05) is 38.0 Å². The fraction of sp³-hybridized carbons (Fsp3) is 0.806. The lowest BCUT2D eigenvalue weighted by atomic mass is 9.49. The van der Waals surface area contributed by atoms with Crippen LogP contribution in [0.25, 0.3) is 0 Å². The van der Waals surface area contributed by atoms with E-state index in [2.05, 4.69) is 26.8 Å². The third-order valence-corrected chi connectivity index (χ3v) is 11.8. The lowest BCUT2D eigenvalue weighted by molar-refractivity contribution is -0.151. The Labute approximate surface area is 210 Å². The zero-order valence-corrected chi connectivity index (χ0v) is 21.8. The number of allylic oxidation sites excluding steroid dienone is 2. The molecule has 0 saturated heterocycles. The van der Waals surface area contributed by atoms with E-state index < -0.39 is 6.16 Å². The first-order valence-corrected chi connectivity index (χ1v) is 14.6. The minimum Gasteiger partial charge on any atom is -0.430 e. The molecule has 0 N–H and O–H groups in total. The zero-order valence-electron chi connectivity index (χ0n) is 21.8. The van der Waals surface area contributed by atoms with Crippen LogP contribution in [-0.4, -0.2) is 23.6 Å². The molecular weight excluding hydrogens is 436 g/mol. The zero-order chi connectivity index (χ0) is 24.1. The van der Waals surface area contributed by atoms with Gasteiger partial charge < -0.3 is 9.47 Å². The molecule has 0 aromatic rings. The molecular formula is C31H42O4. The monoisotopic (exact) mass is 478 g/mol. The second kappa shape index (κ2) is 7.71. The first kappa shape index (κ1) is 22.6. The van der Waals surface area contributed by atoms with E-state index in [9.17, 15) is 9.59 Å². The van der Waals surface area contributed by atoms with Crippen LogP contribution in [0.1, 0.15) is 91.4 Å². The first-order chi connectivity index (χ1) is 16.7. The number of carbonyl (C=O) groups excluding carboxylic acids is 2. The van der Waals surface area contributed by atoms with E-state index in [1.54, 1.807) is 0 Å². The van der Waals surface area contributed by atoms with Crippen LogP contribution in [0.3, 0.4) is 0 Å². The predicted molar refractivity (Wildman–Crippen MR) is 133 cm³/mol. The number of ketones is 1. The second-order valence-electron chi connectivity index (χ2n) is 14.2. The quantitative estimate of drug-likeness (QED) is 0.316. The summed E-state index contributed by atoms with van der Waals surface area (Å²) in [5.74, 6) is 5.35. The highest BCUT2D eigenvalue weighted by Crippen LogP contribution is 2.63. The lowest BCUT2D eigenvalue weighted by Gasteiger charge is -2.56. The van der Waals surface area contributed by atoms with Gasteiger partial charge in [0.1, 0.15) is 11.7 Å². The second-order valence-corrected chi connectivity index (χ2v) is 14.2. The summed E-state index contributed by atoms with van der Waals surface area (Å²) < 4.78 is 12.5. The van der Waals surface area contributed by atoms with Crippen LogP contribution in [0.5, 0.6) is 0 Å². The van der Waals surface area contributed by atoms with Crippen LogP contribution in [0.4, 0.5) is 4.79 Å². The van der Waals surface area contributed by atoms with Crippen molar-refractivity contribution in [2.75, 3.05) is 0 Å². The van der Waals surface area contributed by atoms with Gasteiger partial charge in [-0.25, -0.2) is 4.79 Å². The molecule has 0 radical (unpaired) electrons. The van der Waals surface area contributed by atoms with E-state index in [0.717, 1.165) is 62.7 Å². The molecule has 4 bridgehead atoms. The summed E-state index contributed by atoms with van der Waals surface area (Å²) in [5, 5.41) is 0. The molecule has 6 fully saturated rings. The van der Waals surface area contributed by atoms with Gasteiger partial charge in [0, 0.05) is 18.3 Å². The van der Waals surface area contributed by atoms with Crippen molar-refractivity contribution >= 4 is 11.9 Å². The molecule has 190 valence electrons. The molecule has 0 spiro atoms. The predicted octanol–water partition coefficient (Wildman–Crippen LogP) is 7.03. The molecule has 7 atom stereocenters. The highest BCUT2D eigenvalue weighted by molar-refractivity contribution is 5.91. The highest BCUT2D eigenvalue weighted by Gasteiger charge is 2.58. The molecule has 0 heterocycles. The minimum absolute atomic E-state index is 0.0962. The normalized spacial score (nSPS) is 51.6. The fourth-order valence-corrected chi connectivity index (χ4v) is 11.0. The molecule has 4 heteroatoms. The summed E-state index contributed by atoms with van der Waals surface area (Å²) in [7, 11) is 0. The van der Waals surface area contributed by atoms with Gasteiger partial charge >= 0.3 is 6.16 Å². The van der Waals surface area contributed by atoms with Crippen molar-refractivity contribution in [1.82, 2.24) is 0 Å². The molecule has 8 rings (SSSR count). The third kappa shape index (κ3) is 3.44. The van der Waals surface area contributed by atoms with Gasteiger partial charge in [0.2, 0.25) is 0 Å². The van der Waals surface area contributed by atoms with Gasteiger partial charge in [-0.2, -0.15) is 0 Å². The van der Waals surface area contributed by atoms with E-state index in [1.807, 2.05) is 6.08 Å². The Hall–Kier alpha value is -1.58. The van der Waals surface area contributed by atoms with Crippen molar-refractivity contribution in [3.8, 4) is 0 Å². The van der Waals surface area contributed by atoms with Gasteiger partial charge in [0.15, 0.2) is 5.78 Å². The summed E-state index contributed by atoms with van der Waals surface area (Å²) >= 11 is 0. The maximum atomic E-state index is 13.2. The summed E-state index contributed by atoms with van der Waals surface area (Å²) in [6.07, 6.45) is 15.7. The lowest BCUT2D eigenvalue weighted by Crippen LogP contribution is -2.53. The Kier molecular flexibility index (Phi) is 4.98. The standard InChI is InChI=1S/C31H42O4/c1-17-8-22-12-23(32)4-5-24(22)27-18(2)13-30(3)25(28(17)27)6-7-26(30)34-29(33)35-31-14-19-9-20(15-31)11-21(10-19)16-31/h6,12,17-21,24,26-28H,4-5,7-11,13-16H2,1-3H3/t17-,18?,19?,20?,21?,24+,26+,27-,28+,30+,31?/m1/s1. The van der Waals surface area contributed by atoms with Crippen LogP contribution < -0.4 is 0 Å². The molecule has 0 aliphatic heterocycles. The Bertz CT molecular complexity index is 970. The van der Waals surface area contributed by atoms with Gasteiger partial charge in [-0.3, -0.25) is 4.79 Å². The summed E-state index contributed by atoms with van der Waals surface area (Å²) in [4.78, 5) is 25.4. The van der Waals surface area contributed by atoms with Gasteiger partial charge in [0.05, 0.1) is 0 Å². The number of ether oxygens (including phenoxy) is 2. The largest absolute Gasteiger partial charge is 0.509 e. The van der Waals surface area contributed by atoms with Crippen molar-refractivity contribution < 1.29 is 19.1 Å². The Morgan fingerprint density at radius 2 is 1.69 bits per heavy atom. The molecule has 0 aromatic heterocycles. The van der Waals surface area contributed by atoms with Gasteiger partial charge in [0.25, 0.3) is 0 Å². The molecule has 0 aromatic carbocycles. The maximum Gasteiger partial charge on any atom is 0.509 e. The number of hydrogen-bond acceptors (Lipinski definition) is 4. The van der Waals surface area contributed by atoms with Gasteiger partial charge in [-0.05, 0) is 111 Å². The molecule has 8 aliphatic rings. The van der Waals surface area contributed by atoms with Crippen LogP contribution in [0, 0.1) is 52.8 Å². The third-order valence-electron chi connectivity index (χ3n) is 11.8. The molecule has 1 unspecified atom stereocenters. The van der Waals surface area contributed by atoms with Crippen LogP contribution in [0.15, 0.2) is 23.3 Å². The number of carbonyl (C=O) groups is 2. The Balaban J connectivity index is 1.09. The molecule has 0 amide bonds. The molecule has 8 aliphatic carbocycles. The van der Waals surface area contributed by atoms with Crippen LogP contribution in [0.2, 0.25) is 0 Å². The number of fused-ring (bicyclic) bond motifs is 5. The summed E-state index contributed by atoms with van der Waals surface area (Å²) in [6.45, 7) is 7.14. The molecule has 6 saturated carbocycles. The topological polar surface area (TPSA) is 52.6 Å². The summed E-state index contributed by atoms with van der Waals surface area (Å²) in [5.41, 5.74) is 2.61. The fourth-order valence-electron chi connectivity index (χ4n) is 11.0. The smallest absolute Gasteiger partial charge is 0.430 e. The van der Waals surface area contributed by atoms with Crippen molar-refractivity contribution in [2.45, 2.75) is 103 Å². The van der Waals surface area contributed by atoms with Crippen LogP contribution >= 0.6 is 0 Å². The SMILES string of the molecule is CC1C[C@@]2(C)C(=CC[C@@H]2OC(=O)OC23CC4CC(CC(C4)C2)C3)[C@H]2[C@H]1[C@H]1CCC(=O)C=C1C[C@H]2C. The van der Waals surface area contributed by atoms with E-state index in [1.165, 1.54) is 30.4 Å². The average Bonchev–Trinajstić information content (AvgIpc) is 3.07. The summed E-state index contributed by atoms with van der Waals surface area (Å²) in [6, 6.07) is 0. The van der Waals surface area contributed by atoms with E-state index in [0.29, 0.717) is 41.8 Å². The highest BCUT2D eigenvalue weighted by atomic mass is 16.7. The van der Waals surface area contributed by atoms with E-state index >= 15 is 0 Å². The van der Waals surface area contributed by atoms with E-state index in [-0.39, 0.29) is 17.1 Å². The number of rotatable bonds is 2. The maximum absolute atomic E-state index is 13.2. The molecule has 35 heavy (non-hydrogen) atoms. The van der Waals surface area contributed by atoms with E-state index in [4.69, 9.17) is 9.47 Å². The van der Waals surface area contributed by atoms with Gasteiger partial charge in [-0.15, -0.1) is 0 Å². The van der Waals surface area contributed by atoms with Crippen molar-refractivity contribution in [1.29, 1.82) is 0 Å². The average molecular weight is 479 g/mol. The Morgan fingerprint density at radius 1 is 1.00 bits per heavy atom. The number of hydrogen-bond donors (Lipinski definition) is 0. The Morgan fingerprint density at radius 3 is 2.37 bits per heavy atom. The first-order valence-electron chi connectivity index (χ1n) is 14.6. The van der Waals surface area contributed by atoms with Crippen LogP contribution in [-0.2, 0) is 14.3 Å². The molecule has 4 nitrogen and oxygen atoms in total.